The average molecular weight is 331 g/mol. The van der Waals surface area contributed by atoms with Crippen LogP contribution in [0.4, 0.5) is 0 Å². The van der Waals surface area contributed by atoms with Crippen LogP contribution in [0.15, 0.2) is 22.7 Å². The zero-order valence-corrected chi connectivity index (χ0v) is 12.9. The lowest BCUT2D eigenvalue weighted by atomic mass is 9.78. The molecule has 4 nitrogen and oxygen atoms in total. The third-order valence-electron chi connectivity index (χ3n) is 3.52. The molecule has 1 rings (SSSR count). The SMILES string of the molecule is CCC(O)(CC)C(C(=O)O)c1ccc(OC)c(Br)c1. The molecule has 0 spiro atoms. The molecule has 0 amide bonds. The summed E-state index contributed by atoms with van der Waals surface area (Å²) in [5.74, 6) is -1.35. The number of benzene rings is 1. The number of rotatable bonds is 6. The monoisotopic (exact) mass is 330 g/mol. The fraction of sp³-hybridized carbons (Fsp3) is 0.500. The smallest absolute Gasteiger partial charge is 0.313 e. The summed E-state index contributed by atoms with van der Waals surface area (Å²) in [4.78, 5) is 11.5. The van der Waals surface area contributed by atoms with Crippen LogP contribution in [0.25, 0.3) is 0 Å². The third-order valence-corrected chi connectivity index (χ3v) is 4.14. The number of carbonyl (C=O) groups is 1. The highest BCUT2D eigenvalue weighted by molar-refractivity contribution is 9.10. The lowest BCUT2D eigenvalue weighted by Gasteiger charge is -2.32. The van der Waals surface area contributed by atoms with Gasteiger partial charge in [-0.1, -0.05) is 19.9 Å². The van der Waals surface area contributed by atoms with Crippen molar-refractivity contribution in [3.05, 3.63) is 28.2 Å². The van der Waals surface area contributed by atoms with Crippen LogP contribution in [0.3, 0.4) is 0 Å². The zero-order valence-electron chi connectivity index (χ0n) is 11.3. The molecule has 2 N–H and O–H groups in total. The molecule has 0 heterocycles. The molecule has 106 valence electrons. The van der Waals surface area contributed by atoms with E-state index < -0.39 is 17.5 Å². The molecule has 5 heteroatoms. The van der Waals surface area contributed by atoms with Gasteiger partial charge in [0.05, 0.1) is 17.2 Å². The standard InChI is InChI=1S/C14H19BrO4/c1-4-14(18,5-2)12(13(16)17)9-6-7-11(19-3)10(15)8-9/h6-8,12,18H,4-5H2,1-3H3,(H,16,17). The molecule has 0 aliphatic carbocycles. The van der Waals surface area contributed by atoms with Gasteiger partial charge in [0.1, 0.15) is 11.7 Å². The predicted octanol–water partition coefficient (Wildman–Crippen LogP) is 3.18. The van der Waals surface area contributed by atoms with Crippen molar-refractivity contribution in [3.8, 4) is 5.75 Å². The lowest BCUT2D eigenvalue weighted by Crippen LogP contribution is -2.39. The predicted molar refractivity (Wildman–Crippen MR) is 76.6 cm³/mol. The van der Waals surface area contributed by atoms with Gasteiger partial charge < -0.3 is 14.9 Å². The Bertz CT molecular complexity index is 455. The molecule has 0 aliphatic rings. The van der Waals surface area contributed by atoms with Gasteiger partial charge in [-0.3, -0.25) is 4.79 Å². The van der Waals surface area contributed by atoms with Gasteiger partial charge in [-0.05, 0) is 46.5 Å². The Balaban J connectivity index is 3.28. The number of carboxylic acid groups (broad SMARTS) is 1. The minimum Gasteiger partial charge on any atom is -0.496 e. The summed E-state index contributed by atoms with van der Waals surface area (Å²) in [6.07, 6.45) is 0.758. The van der Waals surface area contributed by atoms with Gasteiger partial charge in [0, 0.05) is 0 Å². The van der Waals surface area contributed by atoms with E-state index in [0.29, 0.717) is 28.6 Å². The first-order valence-electron chi connectivity index (χ1n) is 6.18. The van der Waals surface area contributed by atoms with E-state index in [9.17, 15) is 15.0 Å². The minimum absolute atomic E-state index is 0.379. The molecule has 0 bridgehead atoms. The molecular weight excluding hydrogens is 312 g/mol. The van der Waals surface area contributed by atoms with Crippen molar-refractivity contribution in [1.29, 1.82) is 0 Å². The van der Waals surface area contributed by atoms with Crippen LogP contribution >= 0.6 is 15.9 Å². The lowest BCUT2D eigenvalue weighted by molar-refractivity contribution is -0.146. The van der Waals surface area contributed by atoms with Crippen LogP contribution in [-0.2, 0) is 4.79 Å². The topological polar surface area (TPSA) is 66.8 Å². The van der Waals surface area contributed by atoms with E-state index in [0.717, 1.165) is 0 Å². The van der Waals surface area contributed by atoms with Crippen molar-refractivity contribution in [2.45, 2.75) is 38.2 Å². The van der Waals surface area contributed by atoms with Gasteiger partial charge in [0.2, 0.25) is 0 Å². The number of aliphatic carboxylic acids is 1. The van der Waals surface area contributed by atoms with E-state index in [1.165, 1.54) is 0 Å². The summed E-state index contributed by atoms with van der Waals surface area (Å²) in [7, 11) is 1.54. The molecular formula is C14H19BrO4. The van der Waals surface area contributed by atoms with Crippen LogP contribution in [0.2, 0.25) is 0 Å². The summed E-state index contributed by atoms with van der Waals surface area (Å²) >= 11 is 3.34. The van der Waals surface area contributed by atoms with Gasteiger partial charge in [-0.15, -0.1) is 0 Å². The van der Waals surface area contributed by atoms with Gasteiger partial charge in [0.25, 0.3) is 0 Å². The van der Waals surface area contributed by atoms with Crippen molar-refractivity contribution in [2.24, 2.45) is 0 Å². The van der Waals surface area contributed by atoms with Gasteiger partial charge in [-0.2, -0.15) is 0 Å². The number of carboxylic acids is 1. The van der Waals surface area contributed by atoms with Gasteiger partial charge >= 0.3 is 5.97 Å². The van der Waals surface area contributed by atoms with E-state index >= 15 is 0 Å². The summed E-state index contributed by atoms with van der Waals surface area (Å²) < 4.78 is 5.80. The van der Waals surface area contributed by atoms with Crippen molar-refractivity contribution in [2.75, 3.05) is 7.11 Å². The van der Waals surface area contributed by atoms with Gasteiger partial charge in [0.15, 0.2) is 0 Å². The number of hydrogen-bond donors (Lipinski definition) is 2. The largest absolute Gasteiger partial charge is 0.496 e. The summed E-state index contributed by atoms with van der Waals surface area (Å²) in [5.41, 5.74) is -0.689. The van der Waals surface area contributed by atoms with Crippen LogP contribution in [-0.4, -0.2) is 28.9 Å². The quantitative estimate of drug-likeness (QED) is 0.840. The molecule has 0 saturated heterocycles. The summed E-state index contributed by atoms with van der Waals surface area (Å²) in [6.45, 7) is 3.58. The molecule has 1 unspecified atom stereocenters. The Morgan fingerprint density at radius 3 is 2.37 bits per heavy atom. The number of ether oxygens (including phenoxy) is 1. The van der Waals surface area contributed by atoms with Crippen LogP contribution in [0, 0.1) is 0 Å². The second-order valence-electron chi connectivity index (χ2n) is 4.48. The zero-order chi connectivity index (χ0) is 14.6. The van der Waals surface area contributed by atoms with Gasteiger partial charge in [-0.25, -0.2) is 0 Å². The first-order chi connectivity index (χ1) is 8.89. The molecule has 1 aromatic rings. The molecule has 0 aliphatic heterocycles. The van der Waals surface area contributed by atoms with Crippen molar-refractivity contribution >= 4 is 21.9 Å². The van der Waals surface area contributed by atoms with Crippen LogP contribution in [0.5, 0.6) is 5.75 Å². The number of aliphatic hydroxyl groups is 1. The van der Waals surface area contributed by atoms with E-state index in [4.69, 9.17) is 4.74 Å². The highest BCUT2D eigenvalue weighted by atomic mass is 79.9. The van der Waals surface area contributed by atoms with Crippen LogP contribution in [0.1, 0.15) is 38.2 Å². The molecule has 0 aromatic heterocycles. The van der Waals surface area contributed by atoms with E-state index in [2.05, 4.69) is 15.9 Å². The fourth-order valence-electron chi connectivity index (χ4n) is 2.20. The average Bonchev–Trinajstić information content (AvgIpc) is 2.38. The normalized spacial score (nSPS) is 13.1. The van der Waals surface area contributed by atoms with Crippen LogP contribution < -0.4 is 4.74 Å². The second kappa shape index (κ2) is 6.39. The molecule has 0 saturated carbocycles. The summed E-state index contributed by atoms with van der Waals surface area (Å²) in [6, 6.07) is 5.06. The molecule has 0 radical (unpaired) electrons. The third kappa shape index (κ3) is 3.28. The Morgan fingerprint density at radius 1 is 1.42 bits per heavy atom. The summed E-state index contributed by atoms with van der Waals surface area (Å²) in [5, 5.41) is 19.9. The number of methoxy groups -OCH3 is 1. The van der Waals surface area contributed by atoms with Crippen molar-refractivity contribution in [3.63, 3.8) is 0 Å². The van der Waals surface area contributed by atoms with Crippen molar-refractivity contribution in [1.82, 2.24) is 0 Å². The van der Waals surface area contributed by atoms with E-state index in [1.807, 2.05) is 0 Å². The maximum Gasteiger partial charge on any atom is 0.313 e. The fourth-order valence-corrected chi connectivity index (χ4v) is 2.76. The van der Waals surface area contributed by atoms with Crippen molar-refractivity contribution < 1.29 is 19.7 Å². The van der Waals surface area contributed by atoms with E-state index in [1.54, 1.807) is 39.2 Å². The minimum atomic E-state index is -1.25. The Morgan fingerprint density at radius 2 is 2.00 bits per heavy atom. The maximum absolute atomic E-state index is 11.5. The van der Waals surface area contributed by atoms with E-state index in [-0.39, 0.29) is 0 Å². The molecule has 19 heavy (non-hydrogen) atoms. The number of hydrogen-bond acceptors (Lipinski definition) is 3. The maximum atomic E-state index is 11.5. The Labute approximate surface area is 121 Å². The number of halogens is 1. The Kier molecular flexibility index (Phi) is 5.38. The first-order valence-corrected chi connectivity index (χ1v) is 6.97. The molecule has 1 atom stereocenters. The first kappa shape index (κ1) is 16.0. The second-order valence-corrected chi connectivity index (χ2v) is 5.33. The Hall–Kier alpha value is -1.07. The highest BCUT2D eigenvalue weighted by Gasteiger charge is 2.40. The molecule has 1 aromatic carbocycles. The molecule has 0 fully saturated rings. The highest BCUT2D eigenvalue weighted by Crippen LogP contribution is 2.37.